The molecule has 0 N–H and O–H groups in total. The lowest BCUT2D eigenvalue weighted by molar-refractivity contribution is -0.128. The summed E-state index contributed by atoms with van der Waals surface area (Å²) in [6, 6.07) is 8.93. The van der Waals surface area contributed by atoms with Gasteiger partial charge in [0.25, 0.3) is 0 Å². The first-order chi connectivity index (χ1) is 13.8. The van der Waals surface area contributed by atoms with E-state index in [1.807, 2.05) is 19.9 Å². The molecule has 0 aliphatic carbocycles. The largest absolute Gasteiger partial charge is 0.493 e. The highest BCUT2D eigenvalue weighted by Gasteiger charge is 2.16. The Morgan fingerprint density at radius 2 is 1.62 bits per heavy atom. The van der Waals surface area contributed by atoms with E-state index in [-0.39, 0.29) is 11.9 Å². The number of carbonyl (C=O) groups excluding carboxylic acids is 1. The molecule has 0 radical (unpaired) electrons. The molecule has 0 saturated carbocycles. The van der Waals surface area contributed by atoms with Gasteiger partial charge in [0.05, 0.1) is 31.4 Å². The second-order valence-corrected chi connectivity index (χ2v) is 7.41. The third-order valence-electron chi connectivity index (χ3n) is 4.35. The van der Waals surface area contributed by atoms with Gasteiger partial charge in [0.1, 0.15) is 0 Å². The first-order valence-electron chi connectivity index (χ1n) is 9.03. The Kier molecular flexibility index (Phi) is 8.23. The van der Waals surface area contributed by atoms with Gasteiger partial charge in [0.2, 0.25) is 11.7 Å². The molecule has 0 aromatic heterocycles. The molecule has 2 aromatic carbocycles. The Hall–Kier alpha value is -2.37. The Morgan fingerprint density at radius 1 is 1.00 bits per heavy atom. The van der Waals surface area contributed by atoms with E-state index in [2.05, 4.69) is 0 Å². The first kappa shape index (κ1) is 22.9. The predicted molar refractivity (Wildman–Crippen MR) is 117 cm³/mol. The van der Waals surface area contributed by atoms with Crippen LogP contribution in [0.5, 0.6) is 17.2 Å². The van der Waals surface area contributed by atoms with Crippen molar-refractivity contribution in [2.24, 2.45) is 0 Å². The van der Waals surface area contributed by atoms with Crippen molar-refractivity contribution < 1.29 is 19.0 Å². The summed E-state index contributed by atoms with van der Waals surface area (Å²) in [4.78, 5) is 14.6. The van der Waals surface area contributed by atoms with Crippen molar-refractivity contribution in [3.8, 4) is 17.2 Å². The summed E-state index contributed by atoms with van der Waals surface area (Å²) in [7, 11) is 4.64. The summed E-state index contributed by atoms with van der Waals surface area (Å²) in [6.07, 6.45) is 3.25. The number of ether oxygens (including phenoxy) is 3. The lowest BCUT2D eigenvalue weighted by Crippen LogP contribution is -2.35. The summed E-state index contributed by atoms with van der Waals surface area (Å²) in [6.45, 7) is 4.35. The van der Waals surface area contributed by atoms with Gasteiger partial charge < -0.3 is 19.1 Å². The van der Waals surface area contributed by atoms with Crippen LogP contribution >= 0.6 is 23.2 Å². The van der Waals surface area contributed by atoms with Gasteiger partial charge in [-0.1, -0.05) is 29.3 Å². The predicted octanol–water partition coefficient (Wildman–Crippen LogP) is 5.47. The Bertz CT molecular complexity index is 871. The minimum Gasteiger partial charge on any atom is -0.493 e. The molecule has 156 valence electrons. The van der Waals surface area contributed by atoms with Crippen LogP contribution in [0.4, 0.5) is 0 Å². The van der Waals surface area contributed by atoms with E-state index in [9.17, 15) is 4.79 Å². The number of hydrogen-bond donors (Lipinski definition) is 0. The van der Waals surface area contributed by atoms with Gasteiger partial charge in [-0.2, -0.15) is 0 Å². The molecule has 5 nitrogen and oxygen atoms in total. The van der Waals surface area contributed by atoms with Gasteiger partial charge in [-0.3, -0.25) is 4.79 Å². The van der Waals surface area contributed by atoms with Crippen LogP contribution in [0.1, 0.15) is 25.0 Å². The van der Waals surface area contributed by atoms with Crippen LogP contribution in [0, 0.1) is 0 Å². The summed E-state index contributed by atoms with van der Waals surface area (Å²) in [5, 5.41) is 0.952. The highest BCUT2D eigenvalue weighted by Crippen LogP contribution is 2.38. The second-order valence-electron chi connectivity index (χ2n) is 6.60. The van der Waals surface area contributed by atoms with Crippen molar-refractivity contribution in [3.05, 3.63) is 57.6 Å². The fourth-order valence-electron chi connectivity index (χ4n) is 2.81. The van der Waals surface area contributed by atoms with Crippen LogP contribution in [-0.2, 0) is 11.3 Å². The molecule has 1 amide bonds. The molecule has 0 spiro atoms. The van der Waals surface area contributed by atoms with Crippen LogP contribution < -0.4 is 14.2 Å². The minimum atomic E-state index is -0.125. The third kappa shape index (κ3) is 5.81. The fraction of sp³-hybridized carbons (Fsp3) is 0.318. The SMILES string of the molecule is COc1cc(/C=C/C(=O)N(Cc2ccc(Cl)c(Cl)c2)C(C)C)cc(OC)c1OC. The zero-order valence-corrected chi connectivity index (χ0v) is 18.7. The Balaban J connectivity index is 2.25. The van der Waals surface area contributed by atoms with Gasteiger partial charge in [-0.05, 0) is 55.3 Å². The molecule has 7 heteroatoms. The third-order valence-corrected chi connectivity index (χ3v) is 5.09. The normalized spacial score (nSPS) is 11.0. The number of carbonyl (C=O) groups is 1. The number of halogens is 2. The van der Waals surface area contributed by atoms with Crippen LogP contribution in [-0.4, -0.2) is 38.2 Å². The lowest BCUT2D eigenvalue weighted by Gasteiger charge is -2.26. The van der Waals surface area contributed by atoms with Crippen molar-refractivity contribution >= 4 is 35.2 Å². The average Bonchev–Trinajstić information content (AvgIpc) is 2.71. The maximum absolute atomic E-state index is 12.8. The summed E-state index contributed by atoms with van der Waals surface area (Å²) in [5.74, 6) is 1.42. The standard InChI is InChI=1S/C22H25Cl2NO4/c1-14(2)25(13-16-6-8-17(23)18(24)10-16)21(26)9-7-15-11-19(27-3)22(29-5)20(12-15)28-4/h6-12,14H,13H2,1-5H3/b9-7+. The van der Waals surface area contributed by atoms with Crippen LogP contribution in [0.2, 0.25) is 10.0 Å². The summed E-state index contributed by atoms with van der Waals surface area (Å²) >= 11 is 12.1. The molecular weight excluding hydrogens is 413 g/mol. The zero-order valence-electron chi connectivity index (χ0n) is 17.2. The molecule has 0 aliphatic rings. The number of methoxy groups -OCH3 is 3. The lowest BCUT2D eigenvalue weighted by atomic mass is 10.1. The molecule has 0 bridgehead atoms. The van der Waals surface area contributed by atoms with Crippen molar-refractivity contribution in [2.45, 2.75) is 26.4 Å². The van der Waals surface area contributed by atoms with Crippen LogP contribution in [0.3, 0.4) is 0 Å². The van der Waals surface area contributed by atoms with E-state index in [4.69, 9.17) is 37.4 Å². The highest BCUT2D eigenvalue weighted by molar-refractivity contribution is 6.42. The van der Waals surface area contributed by atoms with Gasteiger partial charge >= 0.3 is 0 Å². The number of benzene rings is 2. The van der Waals surface area contributed by atoms with Gasteiger partial charge in [-0.15, -0.1) is 0 Å². The number of rotatable bonds is 8. The van der Waals surface area contributed by atoms with Gasteiger partial charge in [0.15, 0.2) is 11.5 Å². The molecule has 2 aromatic rings. The van der Waals surface area contributed by atoms with Gasteiger partial charge in [-0.25, -0.2) is 0 Å². The maximum atomic E-state index is 12.8. The van der Waals surface area contributed by atoms with E-state index in [0.717, 1.165) is 11.1 Å². The fourth-order valence-corrected chi connectivity index (χ4v) is 3.13. The highest BCUT2D eigenvalue weighted by atomic mass is 35.5. The van der Waals surface area contributed by atoms with E-state index in [1.54, 1.807) is 56.6 Å². The number of hydrogen-bond acceptors (Lipinski definition) is 4. The molecule has 0 atom stereocenters. The average molecular weight is 438 g/mol. The van der Waals surface area contributed by atoms with E-state index in [1.165, 1.54) is 6.08 Å². The van der Waals surface area contributed by atoms with Crippen LogP contribution in [0.15, 0.2) is 36.4 Å². The molecule has 29 heavy (non-hydrogen) atoms. The van der Waals surface area contributed by atoms with Crippen molar-refractivity contribution in [3.63, 3.8) is 0 Å². The Labute approximate surface area is 181 Å². The Morgan fingerprint density at radius 3 is 2.10 bits per heavy atom. The molecule has 0 fully saturated rings. The topological polar surface area (TPSA) is 48.0 Å². The van der Waals surface area contributed by atoms with Crippen molar-refractivity contribution in [2.75, 3.05) is 21.3 Å². The molecule has 0 aliphatic heterocycles. The van der Waals surface area contributed by atoms with Crippen molar-refractivity contribution in [1.29, 1.82) is 0 Å². The molecule has 0 saturated heterocycles. The van der Waals surface area contributed by atoms with Crippen molar-refractivity contribution in [1.82, 2.24) is 4.90 Å². The maximum Gasteiger partial charge on any atom is 0.247 e. The molecule has 0 unspecified atom stereocenters. The van der Waals surface area contributed by atoms with E-state index >= 15 is 0 Å². The summed E-state index contributed by atoms with van der Waals surface area (Å²) < 4.78 is 16.0. The molecule has 0 heterocycles. The van der Waals surface area contributed by atoms with E-state index < -0.39 is 0 Å². The quantitative estimate of drug-likeness (QED) is 0.513. The van der Waals surface area contributed by atoms with E-state index in [0.29, 0.717) is 33.8 Å². The monoisotopic (exact) mass is 437 g/mol. The van der Waals surface area contributed by atoms with Gasteiger partial charge in [0, 0.05) is 18.7 Å². The smallest absolute Gasteiger partial charge is 0.247 e. The number of nitrogens with zero attached hydrogens (tertiary/aromatic N) is 1. The molecule has 2 rings (SSSR count). The van der Waals surface area contributed by atoms with Crippen LogP contribution in [0.25, 0.3) is 6.08 Å². The second kappa shape index (κ2) is 10.4. The molecular formula is C22H25Cl2NO4. The minimum absolute atomic E-state index is 0.00143. The zero-order chi connectivity index (χ0) is 21.6. The summed E-state index contributed by atoms with van der Waals surface area (Å²) in [5.41, 5.74) is 1.66. The number of amides is 1. The first-order valence-corrected chi connectivity index (χ1v) is 9.78.